The number of rotatable bonds is 2. The van der Waals surface area contributed by atoms with E-state index in [9.17, 15) is 4.79 Å². The van der Waals surface area contributed by atoms with Gasteiger partial charge in [-0.2, -0.15) is 0 Å². The number of hydrogen-bond donors (Lipinski definition) is 0. The highest BCUT2D eigenvalue weighted by molar-refractivity contribution is 7.17. The van der Waals surface area contributed by atoms with Crippen LogP contribution in [0.2, 0.25) is 0 Å². The highest BCUT2D eigenvalue weighted by Crippen LogP contribution is 2.34. The zero-order valence-corrected chi connectivity index (χ0v) is 11.6. The molecule has 0 bridgehead atoms. The second kappa shape index (κ2) is 4.10. The van der Waals surface area contributed by atoms with Gasteiger partial charge in [0, 0.05) is 13.1 Å². The van der Waals surface area contributed by atoms with E-state index in [1.807, 2.05) is 12.1 Å². The van der Waals surface area contributed by atoms with Crippen LogP contribution in [-0.4, -0.2) is 30.6 Å². The molecule has 0 unspecified atom stereocenters. The van der Waals surface area contributed by atoms with E-state index in [2.05, 4.69) is 32.6 Å². The van der Waals surface area contributed by atoms with Gasteiger partial charge in [0.05, 0.1) is 21.1 Å². The lowest BCUT2D eigenvalue weighted by Crippen LogP contribution is -2.57. The summed E-state index contributed by atoms with van der Waals surface area (Å²) in [4.78, 5) is 13.8. The van der Waals surface area contributed by atoms with Crippen LogP contribution >= 0.6 is 11.3 Å². The lowest BCUT2D eigenvalue weighted by atomic mass is 9.99. The van der Waals surface area contributed by atoms with Gasteiger partial charge in [-0.15, -0.1) is 11.3 Å². The fourth-order valence-corrected chi connectivity index (χ4v) is 3.34. The zero-order valence-electron chi connectivity index (χ0n) is 10.8. The van der Waals surface area contributed by atoms with Crippen molar-refractivity contribution in [2.75, 3.05) is 18.0 Å². The van der Waals surface area contributed by atoms with Gasteiger partial charge in [0.1, 0.15) is 0 Å². The zero-order chi connectivity index (χ0) is 12.7. The van der Waals surface area contributed by atoms with Gasteiger partial charge in [-0.05, 0) is 39.8 Å². The highest BCUT2D eigenvalue weighted by atomic mass is 32.1. The summed E-state index contributed by atoms with van der Waals surface area (Å²) in [5.41, 5.74) is -0.319. The van der Waals surface area contributed by atoms with E-state index >= 15 is 0 Å². The number of morpholine rings is 1. The van der Waals surface area contributed by atoms with Crippen molar-refractivity contribution in [3.05, 3.63) is 17.0 Å². The van der Waals surface area contributed by atoms with Crippen molar-refractivity contribution in [2.24, 2.45) is 0 Å². The number of aldehydes is 1. The van der Waals surface area contributed by atoms with E-state index in [1.54, 1.807) is 11.3 Å². The summed E-state index contributed by atoms with van der Waals surface area (Å²) in [7, 11) is 0. The maximum Gasteiger partial charge on any atom is 0.160 e. The summed E-state index contributed by atoms with van der Waals surface area (Å²) in [5.74, 6) is 0. The first kappa shape index (κ1) is 12.6. The standard InChI is InChI=1S/C13H19NO2S/c1-12(2)8-14(9-13(3,4)16-12)11-6-5-10(7-15)17-11/h5-7H,8-9H2,1-4H3. The van der Waals surface area contributed by atoms with Crippen LogP contribution in [0.3, 0.4) is 0 Å². The van der Waals surface area contributed by atoms with Gasteiger partial charge >= 0.3 is 0 Å². The lowest BCUT2D eigenvalue weighted by Gasteiger charge is -2.47. The molecule has 0 atom stereocenters. The molecule has 0 saturated carbocycles. The number of ether oxygens (including phenoxy) is 1. The maximum absolute atomic E-state index is 10.7. The van der Waals surface area contributed by atoms with Crippen molar-refractivity contribution in [1.29, 1.82) is 0 Å². The fourth-order valence-electron chi connectivity index (χ4n) is 2.52. The number of nitrogens with zero attached hydrogens (tertiary/aromatic N) is 1. The van der Waals surface area contributed by atoms with Crippen molar-refractivity contribution in [1.82, 2.24) is 0 Å². The number of carbonyl (C=O) groups is 1. The smallest absolute Gasteiger partial charge is 0.160 e. The molecule has 3 nitrogen and oxygen atoms in total. The topological polar surface area (TPSA) is 29.5 Å². The third-order valence-corrected chi connectivity index (χ3v) is 3.81. The summed E-state index contributed by atoms with van der Waals surface area (Å²) in [6, 6.07) is 3.90. The molecular formula is C13H19NO2S. The summed E-state index contributed by atoms with van der Waals surface area (Å²) < 4.78 is 6.04. The van der Waals surface area contributed by atoms with Gasteiger partial charge in [-0.25, -0.2) is 0 Å². The number of carbonyl (C=O) groups excluding carboxylic acids is 1. The van der Waals surface area contributed by atoms with Gasteiger partial charge in [-0.1, -0.05) is 0 Å². The number of anilines is 1. The van der Waals surface area contributed by atoms with Gasteiger partial charge in [0.25, 0.3) is 0 Å². The Morgan fingerprint density at radius 2 is 1.82 bits per heavy atom. The van der Waals surface area contributed by atoms with E-state index in [0.29, 0.717) is 0 Å². The molecule has 0 amide bonds. The Hall–Kier alpha value is -0.870. The average Bonchev–Trinajstić information content (AvgIpc) is 2.60. The Morgan fingerprint density at radius 3 is 2.29 bits per heavy atom. The molecule has 1 aliphatic heterocycles. The third-order valence-electron chi connectivity index (χ3n) is 2.74. The molecule has 0 N–H and O–H groups in total. The van der Waals surface area contributed by atoms with E-state index < -0.39 is 0 Å². The van der Waals surface area contributed by atoms with Gasteiger partial charge < -0.3 is 9.64 Å². The van der Waals surface area contributed by atoms with E-state index in [4.69, 9.17) is 4.74 Å². The van der Waals surface area contributed by atoms with Crippen molar-refractivity contribution in [3.8, 4) is 0 Å². The molecule has 1 aromatic rings. The minimum absolute atomic E-state index is 0.160. The molecule has 0 spiro atoms. The molecular weight excluding hydrogens is 234 g/mol. The lowest BCUT2D eigenvalue weighted by molar-refractivity contribution is -0.132. The normalized spacial score (nSPS) is 22.5. The molecule has 0 radical (unpaired) electrons. The highest BCUT2D eigenvalue weighted by Gasteiger charge is 2.38. The van der Waals surface area contributed by atoms with Crippen LogP contribution in [0.4, 0.5) is 5.00 Å². The van der Waals surface area contributed by atoms with Crippen LogP contribution in [0.15, 0.2) is 12.1 Å². The van der Waals surface area contributed by atoms with Crippen molar-refractivity contribution >= 4 is 22.6 Å². The minimum atomic E-state index is -0.160. The Kier molecular flexibility index (Phi) is 3.04. The summed E-state index contributed by atoms with van der Waals surface area (Å²) in [6.45, 7) is 10.1. The third kappa shape index (κ3) is 2.87. The Balaban J connectivity index is 2.23. The number of hydrogen-bond acceptors (Lipinski definition) is 4. The quantitative estimate of drug-likeness (QED) is 0.759. The van der Waals surface area contributed by atoms with Crippen LogP contribution in [0, 0.1) is 0 Å². The Morgan fingerprint density at radius 1 is 1.24 bits per heavy atom. The first-order valence-electron chi connectivity index (χ1n) is 5.81. The molecule has 2 rings (SSSR count). The summed E-state index contributed by atoms with van der Waals surface area (Å²) >= 11 is 1.54. The van der Waals surface area contributed by atoms with Crippen LogP contribution < -0.4 is 4.90 Å². The summed E-state index contributed by atoms with van der Waals surface area (Å²) in [5, 5.41) is 1.15. The van der Waals surface area contributed by atoms with E-state index in [1.165, 1.54) is 0 Å². The SMILES string of the molecule is CC1(C)CN(c2ccc(C=O)s2)CC(C)(C)O1. The molecule has 94 valence electrons. The van der Waals surface area contributed by atoms with Crippen molar-refractivity contribution in [2.45, 2.75) is 38.9 Å². The second-order valence-electron chi connectivity index (χ2n) is 5.77. The van der Waals surface area contributed by atoms with E-state index in [-0.39, 0.29) is 11.2 Å². The molecule has 1 aliphatic rings. The number of thiophene rings is 1. The van der Waals surface area contributed by atoms with Gasteiger partial charge in [0.15, 0.2) is 6.29 Å². The van der Waals surface area contributed by atoms with Crippen LogP contribution in [-0.2, 0) is 4.74 Å². The molecule has 1 aromatic heterocycles. The molecule has 0 aliphatic carbocycles. The van der Waals surface area contributed by atoms with Gasteiger partial charge in [-0.3, -0.25) is 4.79 Å². The fraction of sp³-hybridized carbons (Fsp3) is 0.615. The molecule has 0 aromatic carbocycles. The molecule has 1 saturated heterocycles. The first-order chi connectivity index (χ1) is 7.81. The van der Waals surface area contributed by atoms with Crippen LogP contribution in [0.5, 0.6) is 0 Å². The van der Waals surface area contributed by atoms with Crippen molar-refractivity contribution in [3.63, 3.8) is 0 Å². The van der Waals surface area contributed by atoms with Crippen LogP contribution in [0.25, 0.3) is 0 Å². The molecule has 2 heterocycles. The predicted octanol–water partition coefficient (Wildman–Crippen LogP) is 2.95. The maximum atomic E-state index is 10.7. The predicted molar refractivity (Wildman–Crippen MR) is 71.2 cm³/mol. The van der Waals surface area contributed by atoms with Gasteiger partial charge in [0.2, 0.25) is 0 Å². The van der Waals surface area contributed by atoms with Crippen LogP contribution in [0.1, 0.15) is 37.4 Å². The Labute approximate surface area is 106 Å². The monoisotopic (exact) mass is 253 g/mol. The minimum Gasteiger partial charge on any atom is -0.366 e. The molecule has 1 fully saturated rings. The van der Waals surface area contributed by atoms with Crippen molar-refractivity contribution < 1.29 is 9.53 Å². The largest absolute Gasteiger partial charge is 0.366 e. The second-order valence-corrected chi connectivity index (χ2v) is 6.87. The van der Waals surface area contributed by atoms with E-state index in [0.717, 1.165) is 29.3 Å². The molecule has 17 heavy (non-hydrogen) atoms. The average molecular weight is 253 g/mol. The molecule has 4 heteroatoms. The Bertz CT molecular complexity index is 407. The summed E-state index contributed by atoms with van der Waals surface area (Å²) in [6.07, 6.45) is 0.908. The first-order valence-corrected chi connectivity index (χ1v) is 6.63.